The number of amides is 1. The third kappa shape index (κ3) is 2.02. The fourth-order valence-electron chi connectivity index (χ4n) is 4.86. The molecule has 0 saturated heterocycles. The Kier molecular flexibility index (Phi) is 3.35. The molecule has 0 unspecified atom stereocenters. The number of benzene rings is 3. The van der Waals surface area contributed by atoms with Gasteiger partial charge >= 0.3 is 0 Å². The molecule has 1 saturated carbocycles. The summed E-state index contributed by atoms with van der Waals surface area (Å²) in [5.41, 5.74) is 2.80. The Hall–Kier alpha value is -3.20. The molecule has 1 heterocycles. The molecular weight excluding hydrogens is 334 g/mol. The van der Waals surface area contributed by atoms with Gasteiger partial charge in [0.2, 0.25) is 5.91 Å². The van der Waals surface area contributed by atoms with Crippen molar-refractivity contribution in [2.24, 2.45) is 5.92 Å². The molecule has 1 spiro atoms. The SMILES string of the molecule is CN1C(=O)[C@@]2(c3ccccc31)[C@H](C(=O)c1ccccc1)[C@H]2c1ccccc1. The van der Waals surface area contributed by atoms with Gasteiger partial charge in [-0.25, -0.2) is 0 Å². The number of fused-ring (bicyclic) bond motifs is 2. The van der Waals surface area contributed by atoms with Gasteiger partial charge in [0.15, 0.2) is 5.78 Å². The van der Waals surface area contributed by atoms with Crippen molar-refractivity contribution in [2.75, 3.05) is 11.9 Å². The van der Waals surface area contributed by atoms with Gasteiger partial charge < -0.3 is 4.90 Å². The van der Waals surface area contributed by atoms with Gasteiger partial charge in [0.1, 0.15) is 0 Å². The van der Waals surface area contributed by atoms with Crippen LogP contribution in [0.15, 0.2) is 84.9 Å². The third-order valence-electron chi connectivity index (χ3n) is 6.07. The maximum absolute atomic E-state index is 13.4. The summed E-state index contributed by atoms with van der Waals surface area (Å²) in [6.45, 7) is 0. The number of Topliss-reactive ketones (excluding diaryl/α,β-unsaturated/α-hetero) is 1. The first-order valence-corrected chi connectivity index (χ1v) is 9.19. The minimum absolute atomic E-state index is 0.0202. The largest absolute Gasteiger partial charge is 0.314 e. The monoisotopic (exact) mass is 353 g/mol. The molecule has 3 aromatic rings. The molecule has 0 aromatic heterocycles. The van der Waals surface area contributed by atoms with E-state index in [9.17, 15) is 9.59 Å². The van der Waals surface area contributed by atoms with E-state index in [0.29, 0.717) is 5.56 Å². The van der Waals surface area contributed by atoms with E-state index in [2.05, 4.69) is 0 Å². The van der Waals surface area contributed by atoms with Crippen LogP contribution in [0.3, 0.4) is 0 Å². The normalized spacial score (nSPS) is 25.5. The number of anilines is 1. The fraction of sp³-hybridized carbons (Fsp3) is 0.167. The van der Waals surface area contributed by atoms with Gasteiger partial charge in [-0.3, -0.25) is 9.59 Å². The quantitative estimate of drug-likeness (QED) is 0.662. The lowest BCUT2D eigenvalue weighted by atomic mass is 9.90. The smallest absolute Gasteiger partial charge is 0.238 e. The van der Waals surface area contributed by atoms with E-state index in [-0.39, 0.29) is 23.5 Å². The minimum Gasteiger partial charge on any atom is -0.314 e. The summed E-state index contributed by atoms with van der Waals surface area (Å²) < 4.78 is 0. The molecule has 1 amide bonds. The highest BCUT2D eigenvalue weighted by Crippen LogP contribution is 2.71. The third-order valence-corrected chi connectivity index (χ3v) is 6.07. The second-order valence-electron chi connectivity index (χ2n) is 7.35. The highest BCUT2D eigenvalue weighted by molar-refractivity contribution is 6.18. The van der Waals surface area contributed by atoms with Gasteiger partial charge in [0.25, 0.3) is 0 Å². The summed E-state index contributed by atoms with van der Waals surface area (Å²) in [6, 6.07) is 27.1. The molecule has 3 atom stereocenters. The van der Waals surface area contributed by atoms with Crippen molar-refractivity contribution in [3.63, 3.8) is 0 Å². The summed E-state index contributed by atoms with van der Waals surface area (Å²) in [5.74, 6) is -0.444. The highest BCUT2D eigenvalue weighted by Gasteiger charge is 2.76. The molecule has 132 valence electrons. The molecule has 1 fully saturated rings. The van der Waals surface area contributed by atoms with Crippen LogP contribution in [0, 0.1) is 5.92 Å². The summed E-state index contributed by atoms with van der Waals surface area (Å²) in [4.78, 5) is 28.6. The van der Waals surface area contributed by atoms with Gasteiger partial charge in [-0.2, -0.15) is 0 Å². The van der Waals surface area contributed by atoms with Gasteiger partial charge in [-0.15, -0.1) is 0 Å². The predicted molar refractivity (Wildman–Crippen MR) is 105 cm³/mol. The maximum Gasteiger partial charge on any atom is 0.238 e. The molecule has 5 rings (SSSR count). The van der Waals surface area contributed by atoms with Crippen LogP contribution in [0.25, 0.3) is 0 Å². The number of likely N-dealkylation sites (N-methyl/N-ethyl adjacent to an activating group) is 1. The Balaban J connectivity index is 1.70. The Labute approximate surface area is 158 Å². The standard InChI is InChI=1S/C24H19NO2/c1-25-19-15-9-8-14-18(19)24(23(25)27)20(16-10-4-2-5-11-16)21(24)22(26)17-12-6-3-7-13-17/h2-15,20-21H,1H3/t20-,21+,24-/m1/s1. The summed E-state index contributed by atoms with van der Waals surface area (Å²) in [5, 5.41) is 0. The number of hydrogen-bond donors (Lipinski definition) is 0. The van der Waals surface area contributed by atoms with Gasteiger partial charge in [0.05, 0.1) is 5.41 Å². The molecule has 3 aromatic carbocycles. The zero-order valence-corrected chi connectivity index (χ0v) is 15.0. The topological polar surface area (TPSA) is 37.4 Å². The second-order valence-corrected chi connectivity index (χ2v) is 7.35. The van der Waals surface area contributed by atoms with Crippen LogP contribution < -0.4 is 4.90 Å². The molecule has 3 nitrogen and oxygen atoms in total. The van der Waals surface area contributed by atoms with Gasteiger partial charge in [-0.1, -0.05) is 78.9 Å². The summed E-state index contributed by atoms with van der Waals surface area (Å²) in [7, 11) is 1.81. The van der Waals surface area contributed by atoms with Crippen LogP contribution in [-0.2, 0) is 10.2 Å². The lowest BCUT2D eigenvalue weighted by Crippen LogP contribution is -2.31. The number of rotatable bonds is 3. The molecule has 1 aliphatic carbocycles. The van der Waals surface area contributed by atoms with E-state index < -0.39 is 5.41 Å². The Morgan fingerprint density at radius 3 is 2.15 bits per heavy atom. The van der Waals surface area contributed by atoms with E-state index >= 15 is 0 Å². The minimum atomic E-state index is -0.792. The zero-order chi connectivity index (χ0) is 18.6. The lowest BCUT2D eigenvalue weighted by Gasteiger charge is -2.12. The molecular formula is C24H19NO2. The van der Waals surface area contributed by atoms with Crippen LogP contribution in [0.5, 0.6) is 0 Å². The number of para-hydroxylation sites is 1. The van der Waals surface area contributed by atoms with Crippen LogP contribution in [0.4, 0.5) is 5.69 Å². The average Bonchev–Trinajstić information content (AvgIpc) is 3.39. The number of ketones is 1. The zero-order valence-electron chi connectivity index (χ0n) is 15.0. The van der Waals surface area contributed by atoms with Crippen molar-refractivity contribution in [3.8, 4) is 0 Å². The molecule has 27 heavy (non-hydrogen) atoms. The van der Waals surface area contributed by atoms with E-state index in [1.54, 1.807) is 11.9 Å². The Bertz CT molecular complexity index is 1040. The first kappa shape index (κ1) is 16.0. The van der Waals surface area contributed by atoms with Crippen molar-refractivity contribution < 1.29 is 9.59 Å². The van der Waals surface area contributed by atoms with Gasteiger partial charge in [0, 0.05) is 30.1 Å². The fourth-order valence-corrected chi connectivity index (χ4v) is 4.86. The van der Waals surface area contributed by atoms with Crippen molar-refractivity contribution >= 4 is 17.4 Å². The molecule has 0 bridgehead atoms. The molecule has 2 aliphatic rings. The Morgan fingerprint density at radius 2 is 1.44 bits per heavy atom. The lowest BCUT2D eigenvalue weighted by molar-refractivity contribution is -0.120. The molecule has 3 heteroatoms. The molecule has 0 radical (unpaired) electrons. The van der Waals surface area contributed by atoms with E-state index in [1.807, 2.05) is 84.9 Å². The van der Waals surface area contributed by atoms with Crippen molar-refractivity contribution in [2.45, 2.75) is 11.3 Å². The van der Waals surface area contributed by atoms with E-state index in [1.165, 1.54) is 0 Å². The number of carbonyl (C=O) groups excluding carboxylic acids is 2. The molecule has 0 N–H and O–H groups in total. The van der Waals surface area contributed by atoms with Crippen LogP contribution in [0.1, 0.15) is 27.4 Å². The first-order chi connectivity index (χ1) is 13.2. The molecule has 1 aliphatic heterocycles. The van der Waals surface area contributed by atoms with Crippen molar-refractivity contribution in [1.29, 1.82) is 0 Å². The first-order valence-electron chi connectivity index (χ1n) is 9.19. The highest BCUT2D eigenvalue weighted by atomic mass is 16.2. The Morgan fingerprint density at radius 1 is 0.852 bits per heavy atom. The van der Waals surface area contributed by atoms with Crippen molar-refractivity contribution in [3.05, 3.63) is 102 Å². The number of hydrogen-bond acceptors (Lipinski definition) is 2. The predicted octanol–water partition coefficient (Wildman–Crippen LogP) is 4.20. The van der Waals surface area contributed by atoms with Gasteiger partial charge in [-0.05, 0) is 17.2 Å². The number of carbonyl (C=O) groups is 2. The van der Waals surface area contributed by atoms with Crippen molar-refractivity contribution in [1.82, 2.24) is 0 Å². The van der Waals surface area contributed by atoms with E-state index in [4.69, 9.17) is 0 Å². The van der Waals surface area contributed by atoms with Crippen LogP contribution in [0.2, 0.25) is 0 Å². The summed E-state index contributed by atoms with van der Waals surface area (Å²) >= 11 is 0. The summed E-state index contributed by atoms with van der Waals surface area (Å²) in [6.07, 6.45) is 0. The van der Waals surface area contributed by atoms with E-state index in [0.717, 1.165) is 16.8 Å². The average molecular weight is 353 g/mol. The number of nitrogens with zero attached hydrogens (tertiary/aromatic N) is 1. The maximum atomic E-state index is 13.4. The van der Waals surface area contributed by atoms with Crippen LogP contribution >= 0.6 is 0 Å². The second kappa shape index (κ2) is 5.65. The van der Waals surface area contributed by atoms with Crippen LogP contribution in [-0.4, -0.2) is 18.7 Å².